The van der Waals surface area contributed by atoms with Gasteiger partial charge in [-0.15, -0.1) is 0 Å². The van der Waals surface area contributed by atoms with E-state index in [1.807, 2.05) is 11.8 Å². The first-order chi connectivity index (χ1) is 9.83. The summed E-state index contributed by atoms with van der Waals surface area (Å²) < 4.78 is 1.37. The summed E-state index contributed by atoms with van der Waals surface area (Å²) in [5, 5.41) is 0. The fourth-order valence-electron chi connectivity index (χ4n) is 2.16. The topological polar surface area (TPSA) is 0 Å². The van der Waals surface area contributed by atoms with Gasteiger partial charge in [-0.25, -0.2) is 0 Å². The van der Waals surface area contributed by atoms with Gasteiger partial charge in [-0.05, 0) is 0 Å². The van der Waals surface area contributed by atoms with Gasteiger partial charge in [0.15, 0.2) is 0 Å². The third kappa shape index (κ3) is 4.34. The fourth-order valence-corrected chi connectivity index (χ4v) is 4.32. The molecule has 104 valence electrons. The van der Waals surface area contributed by atoms with Crippen LogP contribution in [0.25, 0.3) is 0 Å². The Morgan fingerprint density at radius 2 is 1.45 bits per heavy atom. The molecule has 0 radical (unpaired) electrons. The third-order valence-electron chi connectivity index (χ3n) is 3.24. The molecule has 0 saturated carbocycles. The molecule has 0 bridgehead atoms. The third-order valence-corrected chi connectivity index (χ3v) is 5.49. The predicted molar refractivity (Wildman–Crippen MR) is 92.9 cm³/mol. The van der Waals surface area contributed by atoms with Crippen LogP contribution in [0.4, 0.5) is 0 Å². The van der Waals surface area contributed by atoms with Crippen molar-refractivity contribution in [2.45, 2.75) is 25.7 Å². The van der Waals surface area contributed by atoms with Crippen LogP contribution in [0.3, 0.4) is 0 Å². The van der Waals surface area contributed by atoms with Crippen LogP contribution < -0.4 is 0 Å². The minimum atomic E-state index is 0.347. The van der Waals surface area contributed by atoms with Crippen LogP contribution in [0.5, 0.6) is 0 Å². The van der Waals surface area contributed by atoms with Gasteiger partial charge in [0.1, 0.15) is 0 Å². The van der Waals surface area contributed by atoms with Gasteiger partial charge in [0.2, 0.25) is 0 Å². The molecule has 2 rings (SSSR count). The first-order valence-corrected chi connectivity index (χ1v) is 8.93. The first-order valence-electron chi connectivity index (χ1n) is 7.09. The van der Waals surface area contributed by atoms with E-state index < -0.39 is 0 Å². The van der Waals surface area contributed by atoms with Gasteiger partial charge in [-0.1, -0.05) is 0 Å². The molecule has 0 atom stereocenters. The quantitative estimate of drug-likeness (QED) is 0.519. The molecule has 0 aliphatic rings. The Morgan fingerprint density at radius 3 is 1.90 bits per heavy atom. The van der Waals surface area contributed by atoms with E-state index in [4.69, 9.17) is 0 Å². The van der Waals surface area contributed by atoms with Crippen molar-refractivity contribution in [2.24, 2.45) is 0 Å². The van der Waals surface area contributed by atoms with Crippen LogP contribution in [0.2, 0.25) is 0 Å². The zero-order valence-corrected chi connectivity index (χ0v) is 14.3. The molecule has 0 spiro atoms. The Kier molecular flexibility index (Phi) is 6.59. The van der Waals surface area contributed by atoms with Crippen molar-refractivity contribution in [3.05, 3.63) is 71.8 Å². The van der Waals surface area contributed by atoms with Crippen molar-refractivity contribution in [1.29, 1.82) is 0 Å². The van der Waals surface area contributed by atoms with E-state index >= 15 is 0 Å². The van der Waals surface area contributed by atoms with Gasteiger partial charge in [-0.3, -0.25) is 0 Å². The summed E-state index contributed by atoms with van der Waals surface area (Å²) in [6.07, 6.45) is 2.52. The molecule has 0 amide bonds. The normalized spacial score (nSPS) is 10.7. The molecule has 0 saturated heterocycles. The van der Waals surface area contributed by atoms with Gasteiger partial charge >= 0.3 is 134 Å². The van der Waals surface area contributed by atoms with E-state index in [0.29, 0.717) is 5.92 Å². The summed E-state index contributed by atoms with van der Waals surface area (Å²) in [5.41, 5.74) is 2.72. The van der Waals surface area contributed by atoms with Crippen LogP contribution in [-0.4, -0.2) is 25.1 Å². The zero-order valence-electron chi connectivity index (χ0n) is 11.8. The summed E-state index contributed by atoms with van der Waals surface area (Å²) in [6, 6.07) is 21.5. The van der Waals surface area contributed by atoms with Gasteiger partial charge in [0.05, 0.1) is 0 Å². The van der Waals surface area contributed by atoms with Crippen molar-refractivity contribution in [2.75, 3.05) is 5.75 Å². The summed E-state index contributed by atoms with van der Waals surface area (Å²) in [4.78, 5) is 0. The van der Waals surface area contributed by atoms with Crippen LogP contribution in [0.1, 0.15) is 36.8 Å². The monoisotopic (exact) mass is 348 g/mol. The van der Waals surface area contributed by atoms with E-state index in [9.17, 15) is 0 Å². The molecule has 2 heteroatoms. The molecule has 0 aliphatic heterocycles. The number of rotatable bonds is 7. The fraction of sp³-hybridized carbons (Fsp3) is 0.278. The number of hydrogen-bond donors (Lipinski definition) is 0. The maximum absolute atomic E-state index is 3.31. The SMILES string of the molecule is CCCCSC(=[Se])C(c1ccccc1)c1ccccc1. The number of thioether (sulfide) groups is 1. The minimum absolute atomic E-state index is 0.347. The van der Waals surface area contributed by atoms with Crippen LogP contribution in [0.15, 0.2) is 60.7 Å². The van der Waals surface area contributed by atoms with Gasteiger partial charge in [0.25, 0.3) is 0 Å². The van der Waals surface area contributed by atoms with Crippen molar-refractivity contribution >= 4 is 31.1 Å². The molecule has 2 aromatic rings. The maximum atomic E-state index is 3.31. The predicted octanol–water partition coefficient (Wildman–Crippen LogP) is 4.65. The number of hydrogen-bond acceptors (Lipinski definition) is 1. The standard InChI is InChI=1S/C18H20SSe/c1-2-3-14-19-18(20)17(15-10-6-4-7-11-15)16-12-8-5-9-13-16/h4-13,17H,2-3,14H2,1H3. The number of unbranched alkanes of at least 4 members (excludes halogenated alkanes) is 1. The molecule has 0 fully saturated rings. The van der Waals surface area contributed by atoms with Gasteiger partial charge < -0.3 is 0 Å². The Morgan fingerprint density at radius 1 is 0.950 bits per heavy atom. The second-order valence-electron chi connectivity index (χ2n) is 4.78. The Bertz CT molecular complexity index is 482. The summed E-state index contributed by atoms with van der Waals surface area (Å²) in [5.74, 6) is 1.54. The van der Waals surface area contributed by atoms with E-state index in [0.717, 1.165) is 0 Å². The average molecular weight is 347 g/mol. The van der Waals surface area contributed by atoms with Gasteiger partial charge in [0, 0.05) is 0 Å². The summed E-state index contributed by atoms with van der Waals surface area (Å²) in [6.45, 7) is 2.24. The molecular formula is C18H20SSe. The Balaban J connectivity index is 2.23. The summed E-state index contributed by atoms with van der Waals surface area (Å²) >= 11 is 5.27. The van der Waals surface area contributed by atoms with Crippen molar-refractivity contribution in [3.63, 3.8) is 0 Å². The van der Waals surface area contributed by atoms with E-state index in [1.165, 1.54) is 33.5 Å². The van der Waals surface area contributed by atoms with Crippen molar-refractivity contribution in [1.82, 2.24) is 0 Å². The van der Waals surface area contributed by atoms with Crippen molar-refractivity contribution in [3.8, 4) is 0 Å². The molecule has 0 nitrogen and oxygen atoms in total. The molecule has 0 unspecified atom stereocenters. The zero-order chi connectivity index (χ0) is 14.2. The number of benzene rings is 2. The average Bonchev–Trinajstić information content (AvgIpc) is 2.50. The van der Waals surface area contributed by atoms with Crippen LogP contribution >= 0.6 is 11.8 Å². The molecule has 20 heavy (non-hydrogen) atoms. The van der Waals surface area contributed by atoms with Crippen LogP contribution in [0, 0.1) is 0 Å². The van der Waals surface area contributed by atoms with Crippen molar-refractivity contribution < 1.29 is 0 Å². The second-order valence-corrected chi connectivity index (χ2v) is 7.42. The summed E-state index contributed by atoms with van der Waals surface area (Å²) in [7, 11) is 0. The van der Waals surface area contributed by atoms with E-state index in [2.05, 4.69) is 83.2 Å². The molecule has 0 aromatic heterocycles. The van der Waals surface area contributed by atoms with Crippen LogP contribution in [-0.2, 0) is 0 Å². The van der Waals surface area contributed by atoms with E-state index in [-0.39, 0.29) is 0 Å². The first kappa shape index (κ1) is 15.6. The molecule has 0 heterocycles. The molecule has 0 aliphatic carbocycles. The Labute approximate surface area is 134 Å². The second kappa shape index (κ2) is 8.46. The Hall–Kier alpha value is -0.821. The molecule has 0 N–H and O–H groups in total. The van der Waals surface area contributed by atoms with E-state index in [1.54, 1.807) is 0 Å². The molecule has 2 aromatic carbocycles. The molecular weight excluding hydrogens is 327 g/mol. The van der Waals surface area contributed by atoms with Gasteiger partial charge in [-0.2, -0.15) is 0 Å².